The Morgan fingerprint density at radius 2 is 1.92 bits per heavy atom. The molecule has 0 radical (unpaired) electrons. The number of carbonyl (C=O) groups excluding carboxylic acids is 3. The number of Topliss-reactive ketones (excluding diaryl/α,β-unsaturated/α-hetero) is 1. The zero-order valence-corrected chi connectivity index (χ0v) is 21.8. The van der Waals surface area contributed by atoms with E-state index in [-0.39, 0.29) is 22.2 Å². The van der Waals surface area contributed by atoms with Crippen LogP contribution in [0.25, 0.3) is 5.76 Å². The topological polar surface area (TPSA) is 106 Å². The summed E-state index contributed by atoms with van der Waals surface area (Å²) >= 11 is 0.898. The van der Waals surface area contributed by atoms with Crippen molar-refractivity contribution in [3.63, 3.8) is 0 Å². The zero-order chi connectivity index (χ0) is 27.6. The van der Waals surface area contributed by atoms with Gasteiger partial charge in [-0.15, -0.1) is 0 Å². The molecule has 8 nitrogen and oxygen atoms in total. The van der Waals surface area contributed by atoms with E-state index in [1.165, 1.54) is 24.3 Å². The number of nitrogens with zero attached hydrogens (tertiary/aromatic N) is 2. The van der Waals surface area contributed by atoms with E-state index >= 15 is 0 Å². The third-order valence-electron chi connectivity index (χ3n) is 5.89. The Morgan fingerprint density at radius 1 is 1.21 bits per heavy atom. The lowest BCUT2D eigenvalue weighted by atomic mass is 9.95. The first-order chi connectivity index (χ1) is 18.2. The normalized spacial score (nSPS) is 16.5. The minimum absolute atomic E-state index is 0.0744. The minimum atomic E-state index is -1.12. The second kappa shape index (κ2) is 11.0. The lowest BCUT2D eigenvalue weighted by Gasteiger charge is -2.23. The number of aliphatic hydroxyl groups is 1. The lowest BCUT2D eigenvalue weighted by molar-refractivity contribution is -0.132. The number of aliphatic hydroxyl groups excluding tert-OH is 1. The van der Waals surface area contributed by atoms with Gasteiger partial charge in [-0.25, -0.2) is 14.2 Å². The van der Waals surface area contributed by atoms with Gasteiger partial charge in [-0.05, 0) is 62.2 Å². The van der Waals surface area contributed by atoms with Crippen LogP contribution in [0.15, 0.2) is 60.7 Å². The molecule has 1 atom stereocenters. The molecule has 2 aromatic carbocycles. The number of ether oxygens (including phenoxy) is 2. The van der Waals surface area contributed by atoms with Gasteiger partial charge in [-0.3, -0.25) is 14.5 Å². The maximum absolute atomic E-state index is 13.8. The fourth-order valence-corrected chi connectivity index (χ4v) is 5.11. The molecule has 1 N–H and O–H groups in total. The summed E-state index contributed by atoms with van der Waals surface area (Å²) in [6.07, 6.45) is 1.60. The number of rotatable bonds is 8. The van der Waals surface area contributed by atoms with Crippen molar-refractivity contribution in [2.75, 3.05) is 18.1 Å². The van der Waals surface area contributed by atoms with Gasteiger partial charge >= 0.3 is 11.9 Å². The van der Waals surface area contributed by atoms with Crippen LogP contribution in [0.1, 0.15) is 45.0 Å². The maximum Gasteiger partial charge on any atom is 0.350 e. The third kappa shape index (κ3) is 4.95. The minimum Gasteiger partial charge on any atom is -0.507 e. The van der Waals surface area contributed by atoms with Crippen molar-refractivity contribution in [3.05, 3.63) is 93.8 Å². The van der Waals surface area contributed by atoms with Crippen LogP contribution < -0.4 is 9.64 Å². The van der Waals surface area contributed by atoms with Crippen LogP contribution in [0.4, 0.5) is 9.52 Å². The number of aryl methyl sites for hydroxylation is 2. The summed E-state index contributed by atoms with van der Waals surface area (Å²) in [6.45, 7) is 9.11. The first-order valence-corrected chi connectivity index (χ1v) is 12.5. The van der Waals surface area contributed by atoms with Crippen LogP contribution in [0.3, 0.4) is 0 Å². The second-order valence-electron chi connectivity index (χ2n) is 8.43. The third-order valence-corrected chi connectivity index (χ3v) is 7.02. The molecule has 1 fully saturated rings. The monoisotopic (exact) mass is 536 g/mol. The molecule has 4 rings (SSSR count). The van der Waals surface area contributed by atoms with Crippen molar-refractivity contribution < 1.29 is 33.4 Å². The average Bonchev–Trinajstić information content (AvgIpc) is 3.40. The van der Waals surface area contributed by atoms with Gasteiger partial charge in [0.2, 0.25) is 0 Å². The molecule has 1 aromatic heterocycles. The summed E-state index contributed by atoms with van der Waals surface area (Å²) in [7, 11) is 0. The van der Waals surface area contributed by atoms with Gasteiger partial charge in [0.15, 0.2) is 5.13 Å². The number of hydrogen-bond donors (Lipinski definition) is 1. The number of halogens is 1. The Kier molecular flexibility index (Phi) is 7.72. The van der Waals surface area contributed by atoms with Crippen LogP contribution in [0.2, 0.25) is 0 Å². The Balaban J connectivity index is 1.87. The van der Waals surface area contributed by atoms with Crippen molar-refractivity contribution in [2.24, 2.45) is 0 Å². The van der Waals surface area contributed by atoms with Crippen LogP contribution in [0.5, 0.6) is 5.75 Å². The van der Waals surface area contributed by atoms with Gasteiger partial charge in [0.05, 0.1) is 23.9 Å². The van der Waals surface area contributed by atoms with E-state index in [4.69, 9.17) is 9.47 Å². The van der Waals surface area contributed by atoms with E-state index in [1.807, 2.05) is 0 Å². The highest BCUT2D eigenvalue weighted by Crippen LogP contribution is 2.44. The summed E-state index contributed by atoms with van der Waals surface area (Å²) < 4.78 is 24.4. The highest BCUT2D eigenvalue weighted by Gasteiger charge is 2.48. The molecular weight excluding hydrogens is 511 g/mol. The highest BCUT2D eigenvalue weighted by atomic mass is 32.1. The molecule has 0 bridgehead atoms. The van der Waals surface area contributed by atoms with E-state index < -0.39 is 35.3 Å². The molecule has 0 aliphatic carbocycles. The predicted molar refractivity (Wildman–Crippen MR) is 141 cm³/mol. The van der Waals surface area contributed by atoms with Gasteiger partial charge in [0.25, 0.3) is 5.78 Å². The number of ketones is 1. The summed E-state index contributed by atoms with van der Waals surface area (Å²) in [5.41, 5.74) is 1.50. The summed E-state index contributed by atoms with van der Waals surface area (Å²) in [5.74, 6) is -2.82. The van der Waals surface area contributed by atoms with Gasteiger partial charge in [0.1, 0.15) is 28.8 Å². The van der Waals surface area contributed by atoms with E-state index in [9.17, 15) is 23.9 Å². The summed E-state index contributed by atoms with van der Waals surface area (Å²) in [6, 6.07) is 8.98. The molecular formula is C28H25FN2O6S. The van der Waals surface area contributed by atoms with Crippen molar-refractivity contribution in [1.29, 1.82) is 0 Å². The highest BCUT2D eigenvalue weighted by molar-refractivity contribution is 7.17. The first-order valence-electron chi connectivity index (χ1n) is 11.7. The Morgan fingerprint density at radius 3 is 2.55 bits per heavy atom. The number of hydrogen-bond acceptors (Lipinski definition) is 8. The molecule has 0 unspecified atom stereocenters. The molecule has 1 aliphatic rings. The maximum atomic E-state index is 13.8. The van der Waals surface area contributed by atoms with Crippen molar-refractivity contribution >= 4 is 39.9 Å². The molecule has 196 valence electrons. The van der Waals surface area contributed by atoms with Crippen molar-refractivity contribution in [2.45, 2.75) is 26.8 Å². The number of carbonyl (C=O) groups is 3. The SMILES string of the molecule is C=CCOc1ccc(C(O)=C2C(=O)C(=O)N(c3nc(C)c(C(=O)OCC)s3)[C@@H]2c2ccc(F)cc2)cc1C. The smallest absolute Gasteiger partial charge is 0.350 e. The van der Waals surface area contributed by atoms with Crippen LogP contribution in [0, 0.1) is 19.7 Å². The molecule has 1 saturated heterocycles. The summed E-state index contributed by atoms with van der Waals surface area (Å²) in [4.78, 5) is 44.7. The first kappa shape index (κ1) is 26.7. The predicted octanol–water partition coefficient (Wildman–Crippen LogP) is 5.27. The summed E-state index contributed by atoms with van der Waals surface area (Å²) in [5, 5.41) is 11.4. The van der Waals surface area contributed by atoms with Crippen molar-refractivity contribution in [1.82, 2.24) is 4.98 Å². The fraction of sp³-hybridized carbons (Fsp3) is 0.214. The standard InChI is InChI=1S/C28H25FN2O6S/c1-5-13-37-20-12-9-18(14-15(20)3)23(32)21-22(17-7-10-19(29)11-8-17)31(26(34)24(21)33)28-30-16(4)25(38-28)27(35)36-6-2/h5,7-12,14,22,32H,1,6,13H2,2-4H3/t22-/m1/s1. The molecule has 1 amide bonds. The number of aromatic nitrogens is 1. The van der Waals surface area contributed by atoms with E-state index in [0.29, 0.717) is 34.7 Å². The number of thiazole rings is 1. The molecule has 3 aromatic rings. The Hall–Kier alpha value is -4.31. The average molecular weight is 537 g/mol. The van der Waals surface area contributed by atoms with Gasteiger partial charge in [-0.2, -0.15) is 0 Å². The second-order valence-corrected chi connectivity index (χ2v) is 9.41. The van der Waals surface area contributed by atoms with Gasteiger partial charge in [-0.1, -0.05) is 36.1 Å². The molecule has 10 heteroatoms. The zero-order valence-electron chi connectivity index (χ0n) is 21.0. The largest absolute Gasteiger partial charge is 0.507 e. The molecule has 1 aliphatic heterocycles. The molecule has 38 heavy (non-hydrogen) atoms. The Bertz CT molecular complexity index is 1460. The Labute approximate surface area is 222 Å². The van der Waals surface area contributed by atoms with Crippen LogP contribution >= 0.6 is 11.3 Å². The van der Waals surface area contributed by atoms with E-state index in [1.54, 1.807) is 45.0 Å². The number of anilines is 1. The molecule has 0 saturated carbocycles. The number of benzene rings is 2. The van der Waals surface area contributed by atoms with Gasteiger partial charge in [0, 0.05) is 5.56 Å². The van der Waals surface area contributed by atoms with Crippen molar-refractivity contribution in [3.8, 4) is 5.75 Å². The number of esters is 1. The molecule has 2 heterocycles. The quantitative estimate of drug-likeness (QED) is 0.138. The van der Waals surface area contributed by atoms with E-state index in [2.05, 4.69) is 11.6 Å². The van der Waals surface area contributed by atoms with Crippen LogP contribution in [-0.2, 0) is 14.3 Å². The lowest BCUT2D eigenvalue weighted by Crippen LogP contribution is -2.29. The van der Waals surface area contributed by atoms with E-state index in [0.717, 1.165) is 16.2 Å². The fourth-order valence-electron chi connectivity index (χ4n) is 4.12. The van der Waals surface area contributed by atoms with Crippen LogP contribution in [-0.4, -0.2) is 41.0 Å². The number of amides is 1. The molecule has 0 spiro atoms. The van der Waals surface area contributed by atoms with Gasteiger partial charge < -0.3 is 14.6 Å².